The lowest BCUT2D eigenvalue weighted by atomic mass is 10.1. The van der Waals surface area contributed by atoms with Crippen molar-refractivity contribution in [2.24, 2.45) is 0 Å². The third-order valence-corrected chi connectivity index (χ3v) is 5.75. The monoisotopic (exact) mass is 469 g/mol. The second-order valence-electron chi connectivity index (χ2n) is 8.57. The molecule has 0 radical (unpaired) electrons. The molecule has 1 fully saturated rings. The van der Waals surface area contributed by atoms with Gasteiger partial charge in [0, 0.05) is 5.69 Å². The predicted octanol–water partition coefficient (Wildman–Crippen LogP) is 4.72. The van der Waals surface area contributed by atoms with Crippen LogP contribution in [0, 0.1) is 20.8 Å². The number of amides is 4. The van der Waals surface area contributed by atoms with Crippen LogP contribution in [0.2, 0.25) is 0 Å². The average molecular weight is 470 g/mol. The normalized spacial score (nSPS) is 14.3. The van der Waals surface area contributed by atoms with Crippen molar-refractivity contribution in [2.75, 3.05) is 11.9 Å². The van der Waals surface area contributed by atoms with Crippen molar-refractivity contribution in [2.45, 2.75) is 27.3 Å². The van der Waals surface area contributed by atoms with Crippen LogP contribution >= 0.6 is 0 Å². The van der Waals surface area contributed by atoms with Gasteiger partial charge in [0.2, 0.25) is 0 Å². The molecule has 1 saturated heterocycles. The van der Waals surface area contributed by atoms with E-state index >= 15 is 0 Å². The smallest absolute Gasteiger partial charge is 0.329 e. The molecule has 7 nitrogen and oxygen atoms in total. The zero-order chi connectivity index (χ0) is 24.9. The topological polar surface area (TPSA) is 87.7 Å². The van der Waals surface area contributed by atoms with E-state index in [1.54, 1.807) is 30.3 Å². The van der Waals surface area contributed by atoms with Gasteiger partial charge in [-0.05, 0) is 73.4 Å². The molecular weight excluding hydrogens is 442 g/mol. The van der Waals surface area contributed by atoms with E-state index < -0.39 is 11.9 Å². The Hall–Kier alpha value is -4.39. The third kappa shape index (κ3) is 5.95. The Balaban J connectivity index is 1.38. The molecule has 3 aromatic carbocycles. The molecule has 0 saturated carbocycles. The van der Waals surface area contributed by atoms with Crippen LogP contribution in [0.15, 0.2) is 72.4 Å². The molecule has 1 aliphatic heterocycles. The molecule has 4 rings (SSSR count). The highest BCUT2D eigenvalue weighted by atomic mass is 16.5. The lowest BCUT2D eigenvalue weighted by Gasteiger charge is -2.11. The van der Waals surface area contributed by atoms with Crippen LogP contribution in [0.25, 0.3) is 6.08 Å². The number of nitrogens with one attached hydrogen (secondary N) is 2. The molecule has 0 spiro atoms. The highest BCUT2D eigenvalue weighted by Crippen LogP contribution is 2.20. The van der Waals surface area contributed by atoms with Crippen molar-refractivity contribution in [3.63, 3.8) is 0 Å². The van der Waals surface area contributed by atoms with E-state index in [-0.39, 0.29) is 24.8 Å². The average Bonchev–Trinajstić information content (AvgIpc) is 3.09. The van der Waals surface area contributed by atoms with Crippen molar-refractivity contribution < 1.29 is 19.1 Å². The molecule has 1 aliphatic rings. The van der Waals surface area contributed by atoms with Crippen molar-refractivity contribution in [3.8, 4) is 5.75 Å². The molecule has 0 atom stereocenters. The number of hydrogen-bond donors (Lipinski definition) is 2. The minimum absolute atomic E-state index is 0.160. The summed E-state index contributed by atoms with van der Waals surface area (Å²) in [7, 11) is 0. The van der Waals surface area contributed by atoms with Crippen LogP contribution in [-0.2, 0) is 16.1 Å². The minimum Gasteiger partial charge on any atom is -0.484 e. The first kappa shape index (κ1) is 23.8. The number of anilines is 1. The number of ether oxygens (including phenoxy) is 1. The molecule has 7 heteroatoms. The molecule has 1 heterocycles. The van der Waals surface area contributed by atoms with Crippen molar-refractivity contribution in [1.82, 2.24) is 10.2 Å². The zero-order valence-corrected chi connectivity index (χ0v) is 19.9. The van der Waals surface area contributed by atoms with E-state index in [0.717, 1.165) is 22.3 Å². The summed E-state index contributed by atoms with van der Waals surface area (Å²) in [5.41, 5.74) is 5.79. The fourth-order valence-electron chi connectivity index (χ4n) is 3.62. The van der Waals surface area contributed by atoms with Gasteiger partial charge in [0.15, 0.2) is 6.61 Å². The molecule has 0 aromatic heterocycles. The Bertz CT molecular complexity index is 1310. The van der Waals surface area contributed by atoms with Crippen LogP contribution in [-0.4, -0.2) is 29.4 Å². The Morgan fingerprint density at radius 2 is 1.74 bits per heavy atom. The van der Waals surface area contributed by atoms with E-state index in [9.17, 15) is 14.4 Å². The van der Waals surface area contributed by atoms with E-state index in [1.165, 1.54) is 4.90 Å². The number of nitrogens with zero attached hydrogens (tertiary/aromatic N) is 1. The molecule has 0 unspecified atom stereocenters. The van der Waals surface area contributed by atoms with Crippen LogP contribution in [0.4, 0.5) is 10.5 Å². The summed E-state index contributed by atoms with van der Waals surface area (Å²) in [5.74, 6) is -0.195. The number of benzene rings is 3. The van der Waals surface area contributed by atoms with Gasteiger partial charge in [-0.25, -0.2) is 4.79 Å². The van der Waals surface area contributed by atoms with Gasteiger partial charge in [-0.2, -0.15) is 0 Å². The molecule has 35 heavy (non-hydrogen) atoms. The molecule has 2 N–H and O–H groups in total. The summed E-state index contributed by atoms with van der Waals surface area (Å²) >= 11 is 0. The summed E-state index contributed by atoms with van der Waals surface area (Å²) in [4.78, 5) is 38.6. The van der Waals surface area contributed by atoms with Crippen molar-refractivity contribution >= 4 is 29.6 Å². The van der Waals surface area contributed by atoms with E-state index in [4.69, 9.17) is 4.74 Å². The molecule has 0 aliphatic carbocycles. The second-order valence-corrected chi connectivity index (χ2v) is 8.57. The van der Waals surface area contributed by atoms with Crippen LogP contribution in [0.5, 0.6) is 5.75 Å². The highest BCUT2D eigenvalue weighted by Gasteiger charge is 2.33. The van der Waals surface area contributed by atoms with E-state index in [0.29, 0.717) is 17.0 Å². The quantitative estimate of drug-likeness (QED) is 0.387. The van der Waals surface area contributed by atoms with Gasteiger partial charge in [0.05, 0.1) is 6.54 Å². The largest absolute Gasteiger partial charge is 0.484 e. The van der Waals surface area contributed by atoms with Crippen LogP contribution in [0.3, 0.4) is 0 Å². The molecule has 178 valence electrons. The summed E-state index contributed by atoms with van der Waals surface area (Å²) in [6.07, 6.45) is 1.59. The Morgan fingerprint density at radius 3 is 2.49 bits per heavy atom. The van der Waals surface area contributed by atoms with E-state index in [1.807, 2.05) is 63.2 Å². The zero-order valence-electron chi connectivity index (χ0n) is 19.9. The van der Waals surface area contributed by atoms with Gasteiger partial charge in [0.25, 0.3) is 11.8 Å². The minimum atomic E-state index is -0.461. The van der Waals surface area contributed by atoms with Gasteiger partial charge in [-0.15, -0.1) is 0 Å². The first-order chi connectivity index (χ1) is 16.8. The Morgan fingerprint density at radius 1 is 0.971 bits per heavy atom. The summed E-state index contributed by atoms with van der Waals surface area (Å²) in [5, 5.41) is 5.45. The van der Waals surface area contributed by atoms with Gasteiger partial charge < -0.3 is 15.4 Å². The molecule has 4 amide bonds. The first-order valence-corrected chi connectivity index (χ1v) is 11.3. The predicted molar refractivity (Wildman–Crippen MR) is 135 cm³/mol. The third-order valence-electron chi connectivity index (χ3n) is 5.75. The number of aryl methyl sites for hydroxylation is 3. The van der Waals surface area contributed by atoms with Gasteiger partial charge in [-0.1, -0.05) is 48.0 Å². The molecule has 3 aromatic rings. The Kier molecular flexibility index (Phi) is 6.96. The van der Waals surface area contributed by atoms with Gasteiger partial charge in [-0.3, -0.25) is 14.5 Å². The maximum absolute atomic E-state index is 12.8. The maximum Gasteiger partial charge on any atom is 0.329 e. The summed E-state index contributed by atoms with van der Waals surface area (Å²) in [6.45, 7) is 6.01. The fourth-order valence-corrected chi connectivity index (χ4v) is 3.62. The van der Waals surface area contributed by atoms with Crippen molar-refractivity contribution in [1.29, 1.82) is 0 Å². The number of carbonyl (C=O) groups excluding carboxylic acids is 3. The first-order valence-electron chi connectivity index (χ1n) is 11.3. The number of carbonyl (C=O) groups is 3. The molecule has 0 bridgehead atoms. The molecular formula is C28H27N3O4. The number of imide groups is 1. The fraction of sp³-hybridized carbons (Fsp3) is 0.179. The highest BCUT2D eigenvalue weighted by molar-refractivity contribution is 6.13. The SMILES string of the molecule is Cc1ccc(CN2C(=O)N/C(=C\c3cccc(OCC(=O)Nc4ccc(C)c(C)c4)c3)C2=O)cc1. The number of rotatable bonds is 7. The maximum atomic E-state index is 12.8. The Labute approximate surface area is 204 Å². The van der Waals surface area contributed by atoms with E-state index in [2.05, 4.69) is 10.6 Å². The standard InChI is InChI=1S/C28H27N3O4/c1-18-7-10-21(11-8-18)16-31-27(33)25(30-28(31)34)15-22-5-4-6-24(14-22)35-17-26(32)29-23-12-9-19(2)20(3)13-23/h4-15H,16-17H2,1-3H3,(H,29,32)(H,30,34)/b25-15-. The second kappa shape index (κ2) is 10.3. The summed E-state index contributed by atoms with van der Waals surface area (Å²) < 4.78 is 5.63. The number of hydrogen-bond acceptors (Lipinski definition) is 4. The van der Waals surface area contributed by atoms with Crippen LogP contribution in [0.1, 0.15) is 27.8 Å². The van der Waals surface area contributed by atoms with Crippen molar-refractivity contribution in [3.05, 3.63) is 100 Å². The lowest BCUT2D eigenvalue weighted by molar-refractivity contribution is -0.123. The van der Waals surface area contributed by atoms with Crippen LogP contribution < -0.4 is 15.4 Å². The van der Waals surface area contributed by atoms with Gasteiger partial charge in [0.1, 0.15) is 11.4 Å². The lowest BCUT2D eigenvalue weighted by Crippen LogP contribution is -2.30. The van der Waals surface area contributed by atoms with Gasteiger partial charge >= 0.3 is 6.03 Å². The summed E-state index contributed by atoms with van der Waals surface area (Å²) in [6, 6.07) is 19.9. The number of urea groups is 1.